The van der Waals surface area contributed by atoms with E-state index in [4.69, 9.17) is 9.73 Å². The van der Waals surface area contributed by atoms with Crippen LogP contribution in [0.1, 0.15) is 45.4 Å². The van der Waals surface area contributed by atoms with Crippen LogP contribution >= 0.6 is 0 Å². The van der Waals surface area contributed by atoms with Crippen LogP contribution < -0.4 is 0 Å². The van der Waals surface area contributed by atoms with Gasteiger partial charge in [0.2, 0.25) is 0 Å². The Balaban J connectivity index is 1.93. The van der Waals surface area contributed by atoms with Gasteiger partial charge in [-0.05, 0) is 44.6 Å². The van der Waals surface area contributed by atoms with Gasteiger partial charge in [-0.25, -0.2) is 4.99 Å². The fraction of sp³-hybridized carbons (Fsp3) is 0.667. The van der Waals surface area contributed by atoms with Gasteiger partial charge in [0.05, 0.1) is 7.11 Å². The number of esters is 1. The average molecular weight is 336 g/mol. The summed E-state index contributed by atoms with van der Waals surface area (Å²) in [5.41, 5.74) is 2.88. The Morgan fingerprint density at radius 3 is 2.96 bits per heavy atom. The molecule has 0 aromatic rings. The van der Waals surface area contributed by atoms with Crippen molar-refractivity contribution in [2.75, 3.05) is 26.9 Å². The molecule has 1 atom stereocenters. The number of methoxy groups -OCH3 is 1. The molecule has 2 heterocycles. The number of carbonyl (C=O) groups excluding carboxylic acids is 1. The molecule has 0 aromatic heterocycles. The van der Waals surface area contributed by atoms with Crippen LogP contribution in [0.5, 0.6) is 0 Å². The molecule has 1 N–H and O–H groups in total. The van der Waals surface area contributed by atoms with Crippen LogP contribution in [0.15, 0.2) is 28.5 Å². The summed E-state index contributed by atoms with van der Waals surface area (Å²) in [5, 5.41) is 9.23. The Morgan fingerprint density at radius 1 is 1.46 bits per heavy atom. The minimum absolute atomic E-state index is 0.0285. The van der Waals surface area contributed by atoms with E-state index in [1.807, 2.05) is 6.92 Å². The minimum Gasteiger partial charge on any atom is -0.469 e. The van der Waals surface area contributed by atoms with Crippen LogP contribution in [-0.2, 0) is 14.3 Å². The molecule has 1 saturated heterocycles. The van der Waals surface area contributed by atoms with Gasteiger partial charge in [0.1, 0.15) is 11.9 Å². The number of rotatable bonds is 8. The third-order valence-corrected chi connectivity index (χ3v) is 4.49. The van der Waals surface area contributed by atoms with Gasteiger partial charge in [-0.2, -0.15) is 0 Å². The molecule has 6 nitrogen and oxygen atoms in total. The maximum Gasteiger partial charge on any atom is 0.305 e. The normalized spacial score (nSPS) is 20.8. The van der Waals surface area contributed by atoms with Gasteiger partial charge < -0.3 is 19.5 Å². The van der Waals surface area contributed by atoms with Gasteiger partial charge in [-0.15, -0.1) is 0 Å². The Labute approximate surface area is 143 Å². The molecule has 2 aliphatic rings. The summed E-state index contributed by atoms with van der Waals surface area (Å²) in [7, 11) is 1.41. The first kappa shape index (κ1) is 18.7. The monoisotopic (exact) mass is 336 g/mol. The number of piperidine rings is 1. The Bertz CT molecular complexity index is 539. The van der Waals surface area contributed by atoms with Crippen LogP contribution in [-0.4, -0.2) is 54.8 Å². The van der Waals surface area contributed by atoms with Gasteiger partial charge >= 0.3 is 5.97 Å². The van der Waals surface area contributed by atoms with Gasteiger partial charge in [-0.3, -0.25) is 4.79 Å². The number of amidine groups is 1. The molecule has 2 rings (SSSR count). The molecular weight excluding hydrogens is 308 g/mol. The van der Waals surface area contributed by atoms with Crippen molar-refractivity contribution in [1.82, 2.24) is 4.90 Å². The average Bonchev–Trinajstić information content (AvgIpc) is 2.58. The Morgan fingerprint density at radius 2 is 2.25 bits per heavy atom. The van der Waals surface area contributed by atoms with E-state index < -0.39 is 0 Å². The van der Waals surface area contributed by atoms with Crippen molar-refractivity contribution in [3.63, 3.8) is 0 Å². The quantitative estimate of drug-likeness (QED) is 0.544. The second kappa shape index (κ2) is 8.99. The number of carbonyl (C=O) groups is 1. The number of unbranched alkanes of at least 4 members (excludes halogenated alkanes) is 1. The summed E-state index contributed by atoms with van der Waals surface area (Å²) < 4.78 is 10.7. The third-order valence-electron chi connectivity index (χ3n) is 4.49. The SMILES string of the molecule is C=C1C(CCO)=C(C)N=C2C(OCCCCC(=O)OC)CCCN12. The summed E-state index contributed by atoms with van der Waals surface area (Å²) in [6.45, 7) is 7.75. The second-order valence-corrected chi connectivity index (χ2v) is 6.14. The van der Waals surface area contributed by atoms with E-state index in [-0.39, 0.29) is 18.7 Å². The van der Waals surface area contributed by atoms with Crippen molar-refractivity contribution in [3.05, 3.63) is 23.5 Å². The highest BCUT2D eigenvalue weighted by Gasteiger charge is 2.32. The lowest BCUT2D eigenvalue weighted by atomic mass is 9.99. The minimum atomic E-state index is -0.177. The highest BCUT2D eigenvalue weighted by atomic mass is 16.5. The zero-order chi connectivity index (χ0) is 17.5. The summed E-state index contributed by atoms with van der Waals surface area (Å²) >= 11 is 0. The number of ether oxygens (including phenoxy) is 2. The molecule has 6 heteroatoms. The van der Waals surface area contributed by atoms with Gasteiger partial charge in [-0.1, -0.05) is 6.58 Å². The van der Waals surface area contributed by atoms with E-state index in [1.54, 1.807) is 0 Å². The number of allylic oxidation sites excluding steroid dienone is 2. The van der Waals surface area contributed by atoms with Crippen molar-refractivity contribution in [2.45, 2.75) is 51.6 Å². The van der Waals surface area contributed by atoms with Crippen LogP contribution in [0.2, 0.25) is 0 Å². The molecule has 0 aliphatic carbocycles. The lowest BCUT2D eigenvalue weighted by Crippen LogP contribution is -2.46. The van der Waals surface area contributed by atoms with Crippen LogP contribution in [0, 0.1) is 0 Å². The standard InChI is InChI=1S/C18H28N2O4/c1-13-15(9-11-21)14(2)20-10-6-7-16(18(20)19-13)24-12-5-4-8-17(22)23-3/h16,21H,2,4-12H2,1,3H3. The fourth-order valence-electron chi connectivity index (χ4n) is 3.16. The molecule has 0 radical (unpaired) electrons. The third kappa shape index (κ3) is 4.45. The molecule has 0 saturated carbocycles. The molecule has 2 aliphatic heterocycles. The predicted molar refractivity (Wildman–Crippen MR) is 92.5 cm³/mol. The van der Waals surface area contributed by atoms with E-state index >= 15 is 0 Å². The number of aliphatic hydroxyl groups is 1. The molecule has 1 unspecified atom stereocenters. The first-order valence-corrected chi connectivity index (χ1v) is 8.63. The molecule has 0 amide bonds. The summed E-state index contributed by atoms with van der Waals surface area (Å²) in [5.74, 6) is 0.752. The number of aliphatic hydroxyl groups excluding tert-OH is 1. The number of hydrogen-bond donors (Lipinski definition) is 1. The van der Waals surface area contributed by atoms with E-state index in [0.717, 1.165) is 55.0 Å². The summed E-state index contributed by atoms with van der Waals surface area (Å²) in [6.07, 6.45) is 4.54. The molecule has 0 bridgehead atoms. The predicted octanol–water partition coefficient (Wildman–Crippen LogP) is 2.39. The number of fused-ring (bicyclic) bond motifs is 1. The molecule has 134 valence electrons. The fourth-order valence-corrected chi connectivity index (χ4v) is 3.16. The van der Waals surface area contributed by atoms with Gasteiger partial charge in [0.25, 0.3) is 0 Å². The van der Waals surface area contributed by atoms with Crippen molar-refractivity contribution in [1.29, 1.82) is 0 Å². The smallest absolute Gasteiger partial charge is 0.305 e. The zero-order valence-corrected chi connectivity index (χ0v) is 14.7. The Hall–Kier alpha value is -1.66. The van der Waals surface area contributed by atoms with Crippen molar-refractivity contribution in [2.24, 2.45) is 4.99 Å². The van der Waals surface area contributed by atoms with E-state index in [9.17, 15) is 9.90 Å². The lowest BCUT2D eigenvalue weighted by Gasteiger charge is -2.40. The molecule has 24 heavy (non-hydrogen) atoms. The van der Waals surface area contributed by atoms with Crippen LogP contribution in [0.3, 0.4) is 0 Å². The van der Waals surface area contributed by atoms with Gasteiger partial charge in [0.15, 0.2) is 0 Å². The van der Waals surface area contributed by atoms with Crippen molar-refractivity contribution >= 4 is 11.8 Å². The highest BCUT2D eigenvalue weighted by molar-refractivity contribution is 5.91. The number of nitrogens with zero attached hydrogens (tertiary/aromatic N) is 2. The van der Waals surface area contributed by atoms with E-state index in [0.29, 0.717) is 19.4 Å². The molecule has 0 spiro atoms. The van der Waals surface area contributed by atoms with E-state index in [2.05, 4.69) is 16.2 Å². The van der Waals surface area contributed by atoms with Crippen LogP contribution in [0.25, 0.3) is 0 Å². The molecule has 1 fully saturated rings. The molecular formula is C18H28N2O4. The van der Waals surface area contributed by atoms with Crippen LogP contribution in [0.4, 0.5) is 0 Å². The maximum atomic E-state index is 11.1. The first-order valence-electron chi connectivity index (χ1n) is 8.63. The zero-order valence-electron chi connectivity index (χ0n) is 14.7. The van der Waals surface area contributed by atoms with Gasteiger partial charge in [0, 0.05) is 37.6 Å². The number of hydrogen-bond acceptors (Lipinski definition) is 6. The van der Waals surface area contributed by atoms with Crippen molar-refractivity contribution in [3.8, 4) is 0 Å². The first-order chi connectivity index (χ1) is 11.6. The topological polar surface area (TPSA) is 71.4 Å². The summed E-state index contributed by atoms with van der Waals surface area (Å²) in [4.78, 5) is 18.0. The Kier molecular flexibility index (Phi) is 6.99. The lowest BCUT2D eigenvalue weighted by molar-refractivity contribution is -0.140. The van der Waals surface area contributed by atoms with Crippen molar-refractivity contribution < 1.29 is 19.4 Å². The summed E-state index contributed by atoms with van der Waals surface area (Å²) in [6, 6.07) is 0. The molecule has 0 aromatic carbocycles. The number of aliphatic imine (C=N–C) groups is 1. The second-order valence-electron chi connectivity index (χ2n) is 6.14. The largest absolute Gasteiger partial charge is 0.469 e. The highest BCUT2D eigenvalue weighted by Crippen LogP contribution is 2.31. The maximum absolute atomic E-state index is 11.1. The van der Waals surface area contributed by atoms with E-state index in [1.165, 1.54) is 7.11 Å².